The SMILES string of the molecule is COc1ccccc1CC(=O)N1CCCN(CCc2ccccc2)c2ccccc21. The summed E-state index contributed by atoms with van der Waals surface area (Å²) >= 11 is 0. The van der Waals surface area contributed by atoms with Crippen molar-refractivity contribution in [1.82, 2.24) is 0 Å². The van der Waals surface area contributed by atoms with Gasteiger partial charge in [0.2, 0.25) is 5.91 Å². The molecule has 4 heteroatoms. The van der Waals surface area contributed by atoms with E-state index >= 15 is 0 Å². The molecule has 1 amide bonds. The average molecular weight is 401 g/mol. The van der Waals surface area contributed by atoms with Crippen LogP contribution in [0, 0.1) is 0 Å². The molecule has 0 saturated heterocycles. The number of nitrogens with zero attached hydrogens (tertiary/aromatic N) is 2. The lowest BCUT2D eigenvalue weighted by atomic mass is 10.1. The lowest BCUT2D eigenvalue weighted by Crippen LogP contribution is -2.32. The highest BCUT2D eigenvalue weighted by Gasteiger charge is 2.25. The van der Waals surface area contributed by atoms with Crippen molar-refractivity contribution in [1.29, 1.82) is 0 Å². The molecule has 0 aliphatic carbocycles. The summed E-state index contributed by atoms with van der Waals surface area (Å²) in [6, 6.07) is 26.6. The standard InChI is InChI=1S/C26H28N2O2/c1-30-25-15-8-5-12-22(25)20-26(29)28-18-9-17-27(23-13-6-7-14-24(23)28)19-16-21-10-3-2-4-11-21/h2-8,10-15H,9,16-20H2,1H3. The summed E-state index contributed by atoms with van der Waals surface area (Å²) in [5, 5.41) is 0. The molecule has 3 aromatic rings. The number of para-hydroxylation sites is 3. The number of hydrogen-bond acceptors (Lipinski definition) is 3. The quantitative estimate of drug-likeness (QED) is 0.600. The predicted octanol–water partition coefficient (Wildman–Crippen LogP) is 4.72. The van der Waals surface area contributed by atoms with Gasteiger partial charge in [0, 0.05) is 25.2 Å². The molecule has 4 nitrogen and oxygen atoms in total. The fourth-order valence-corrected chi connectivity index (χ4v) is 4.13. The molecule has 0 atom stereocenters. The molecule has 0 bridgehead atoms. The first-order valence-corrected chi connectivity index (χ1v) is 10.6. The highest BCUT2D eigenvalue weighted by atomic mass is 16.5. The maximum Gasteiger partial charge on any atom is 0.231 e. The topological polar surface area (TPSA) is 32.8 Å². The number of benzene rings is 3. The van der Waals surface area contributed by atoms with Crippen LogP contribution >= 0.6 is 0 Å². The van der Waals surface area contributed by atoms with E-state index in [4.69, 9.17) is 4.74 Å². The molecule has 0 aromatic heterocycles. The zero-order chi connectivity index (χ0) is 20.8. The van der Waals surface area contributed by atoms with Crippen molar-refractivity contribution in [2.45, 2.75) is 19.3 Å². The van der Waals surface area contributed by atoms with Gasteiger partial charge < -0.3 is 14.5 Å². The van der Waals surface area contributed by atoms with Crippen LogP contribution in [-0.2, 0) is 17.6 Å². The van der Waals surface area contributed by atoms with Gasteiger partial charge in [-0.1, -0.05) is 60.7 Å². The third-order valence-electron chi connectivity index (χ3n) is 5.67. The van der Waals surface area contributed by atoms with Crippen molar-refractivity contribution in [2.75, 3.05) is 36.5 Å². The van der Waals surface area contributed by atoms with Gasteiger partial charge in [-0.3, -0.25) is 4.79 Å². The van der Waals surface area contributed by atoms with Crippen LogP contribution in [0.3, 0.4) is 0 Å². The third-order valence-corrected chi connectivity index (χ3v) is 5.67. The van der Waals surface area contributed by atoms with E-state index in [1.54, 1.807) is 7.11 Å². The number of amides is 1. The molecule has 0 unspecified atom stereocenters. The van der Waals surface area contributed by atoms with Gasteiger partial charge in [-0.25, -0.2) is 0 Å². The van der Waals surface area contributed by atoms with Gasteiger partial charge in [0.1, 0.15) is 5.75 Å². The molecule has 3 aromatic carbocycles. The first kappa shape index (κ1) is 20.0. The van der Waals surface area contributed by atoms with Crippen LogP contribution in [0.1, 0.15) is 17.5 Å². The van der Waals surface area contributed by atoms with Gasteiger partial charge >= 0.3 is 0 Å². The fraction of sp³-hybridized carbons (Fsp3) is 0.269. The molecule has 1 aliphatic rings. The lowest BCUT2D eigenvalue weighted by Gasteiger charge is -2.27. The zero-order valence-corrected chi connectivity index (χ0v) is 17.5. The van der Waals surface area contributed by atoms with E-state index in [0.717, 1.165) is 55.2 Å². The van der Waals surface area contributed by atoms with Gasteiger partial charge in [-0.15, -0.1) is 0 Å². The van der Waals surface area contributed by atoms with Crippen molar-refractivity contribution in [3.05, 3.63) is 90.0 Å². The van der Waals surface area contributed by atoms with Crippen LogP contribution in [-0.4, -0.2) is 32.7 Å². The van der Waals surface area contributed by atoms with Crippen molar-refractivity contribution in [3.8, 4) is 5.75 Å². The second-order valence-corrected chi connectivity index (χ2v) is 7.60. The Labute approximate surface area is 178 Å². The third kappa shape index (κ3) is 4.48. The van der Waals surface area contributed by atoms with Crippen LogP contribution in [0.15, 0.2) is 78.9 Å². The Morgan fingerprint density at radius 1 is 0.867 bits per heavy atom. The predicted molar refractivity (Wildman–Crippen MR) is 122 cm³/mol. The highest BCUT2D eigenvalue weighted by molar-refractivity contribution is 5.98. The van der Waals surface area contributed by atoms with Crippen LogP contribution in [0.5, 0.6) is 5.75 Å². The molecule has 4 rings (SSSR count). The maximum absolute atomic E-state index is 13.3. The Hall–Kier alpha value is -3.27. The normalized spacial score (nSPS) is 13.5. The fourth-order valence-electron chi connectivity index (χ4n) is 4.13. The average Bonchev–Trinajstić information content (AvgIpc) is 2.98. The number of methoxy groups -OCH3 is 1. The smallest absolute Gasteiger partial charge is 0.231 e. The number of ether oxygens (including phenoxy) is 1. The van der Waals surface area contributed by atoms with Crippen molar-refractivity contribution in [3.63, 3.8) is 0 Å². The van der Waals surface area contributed by atoms with Crippen molar-refractivity contribution >= 4 is 17.3 Å². The summed E-state index contributed by atoms with van der Waals surface area (Å²) in [6.07, 6.45) is 2.27. The summed E-state index contributed by atoms with van der Waals surface area (Å²) in [6.45, 7) is 2.62. The summed E-state index contributed by atoms with van der Waals surface area (Å²) in [5.41, 5.74) is 4.40. The Balaban J connectivity index is 1.54. The van der Waals surface area contributed by atoms with E-state index in [1.807, 2.05) is 35.2 Å². The van der Waals surface area contributed by atoms with E-state index in [1.165, 1.54) is 5.56 Å². The Morgan fingerprint density at radius 3 is 2.37 bits per heavy atom. The first-order chi connectivity index (χ1) is 14.8. The van der Waals surface area contributed by atoms with E-state index < -0.39 is 0 Å². The van der Waals surface area contributed by atoms with Crippen LogP contribution in [0.2, 0.25) is 0 Å². The maximum atomic E-state index is 13.3. The van der Waals surface area contributed by atoms with Gasteiger partial charge in [-0.2, -0.15) is 0 Å². The molecule has 0 N–H and O–H groups in total. The summed E-state index contributed by atoms with van der Waals surface area (Å²) < 4.78 is 5.44. The molecule has 154 valence electrons. The number of anilines is 2. The number of rotatable bonds is 6. The minimum atomic E-state index is 0.108. The second kappa shape index (κ2) is 9.49. The minimum Gasteiger partial charge on any atom is -0.496 e. The summed E-state index contributed by atoms with van der Waals surface area (Å²) in [4.78, 5) is 17.7. The van der Waals surface area contributed by atoms with E-state index in [9.17, 15) is 4.79 Å². The Morgan fingerprint density at radius 2 is 1.57 bits per heavy atom. The number of carbonyl (C=O) groups is 1. The van der Waals surface area contributed by atoms with Crippen molar-refractivity contribution < 1.29 is 9.53 Å². The lowest BCUT2D eigenvalue weighted by molar-refractivity contribution is -0.118. The molecule has 1 aliphatic heterocycles. The number of hydrogen-bond donors (Lipinski definition) is 0. The van der Waals surface area contributed by atoms with Crippen LogP contribution < -0.4 is 14.5 Å². The Bertz CT molecular complexity index is 987. The minimum absolute atomic E-state index is 0.108. The van der Waals surface area contributed by atoms with E-state index in [0.29, 0.717) is 6.42 Å². The molecule has 0 spiro atoms. The molecule has 0 radical (unpaired) electrons. The van der Waals surface area contributed by atoms with Crippen LogP contribution in [0.4, 0.5) is 11.4 Å². The summed E-state index contributed by atoms with van der Waals surface area (Å²) in [7, 11) is 1.65. The first-order valence-electron chi connectivity index (χ1n) is 10.6. The molecule has 1 heterocycles. The molecular formula is C26H28N2O2. The van der Waals surface area contributed by atoms with Crippen molar-refractivity contribution in [2.24, 2.45) is 0 Å². The Kier molecular flexibility index (Phi) is 6.33. The molecule has 30 heavy (non-hydrogen) atoms. The molecular weight excluding hydrogens is 372 g/mol. The molecule has 0 saturated carbocycles. The van der Waals surface area contributed by atoms with Gasteiger partial charge in [0.15, 0.2) is 0 Å². The second-order valence-electron chi connectivity index (χ2n) is 7.60. The van der Waals surface area contributed by atoms with Gasteiger partial charge in [0.25, 0.3) is 0 Å². The van der Waals surface area contributed by atoms with Gasteiger partial charge in [0.05, 0.1) is 24.9 Å². The zero-order valence-electron chi connectivity index (χ0n) is 17.5. The number of carbonyl (C=O) groups excluding carboxylic acids is 1. The van der Waals surface area contributed by atoms with Crippen LogP contribution in [0.25, 0.3) is 0 Å². The van der Waals surface area contributed by atoms with E-state index in [2.05, 4.69) is 53.4 Å². The largest absolute Gasteiger partial charge is 0.496 e. The number of fused-ring (bicyclic) bond motifs is 1. The monoisotopic (exact) mass is 400 g/mol. The molecule has 0 fully saturated rings. The summed E-state index contributed by atoms with van der Waals surface area (Å²) in [5.74, 6) is 0.871. The van der Waals surface area contributed by atoms with Gasteiger partial charge in [-0.05, 0) is 36.6 Å². The highest BCUT2D eigenvalue weighted by Crippen LogP contribution is 2.33. The van der Waals surface area contributed by atoms with E-state index in [-0.39, 0.29) is 5.91 Å².